The molecule has 8 nitrogen and oxygen atoms in total. The first-order chi connectivity index (χ1) is 14.8. The van der Waals surface area contributed by atoms with Gasteiger partial charge in [0.25, 0.3) is 0 Å². The van der Waals surface area contributed by atoms with Crippen molar-refractivity contribution in [1.82, 2.24) is 15.0 Å². The minimum absolute atomic E-state index is 0.369. The topological polar surface area (TPSA) is 102 Å². The SMILES string of the molecule is N#Cc1ccc(/C=N/Nc2nc(Nc3ccccc3)nc(N3CCCCC3)n2)cc1. The van der Waals surface area contributed by atoms with Gasteiger partial charge in [0.2, 0.25) is 17.8 Å². The zero-order valence-electron chi connectivity index (χ0n) is 16.5. The predicted octanol–water partition coefficient (Wildman–Crippen LogP) is 3.92. The Morgan fingerprint density at radius 2 is 1.63 bits per heavy atom. The molecule has 150 valence electrons. The van der Waals surface area contributed by atoms with Crippen LogP contribution >= 0.6 is 0 Å². The highest BCUT2D eigenvalue weighted by atomic mass is 15.4. The van der Waals surface area contributed by atoms with Crippen LogP contribution in [0.1, 0.15) is 30.4 Å². The van der Waals surface area contributed by atoms with Gasteiger partial charge in [0.1, 0.15) is 0 Å². The van der Waals surface area contributed by atoms with E-state index in [4.69, 9.17) is 5.26 Å². The lowest BCUT2D eigenvalue weighted by atomic mass is 10.1. The number of aromatic nitrogens is 3. The van der Waals surface area contributed by atoms with Crippen molar-refractivity contribution >= 4 is 29.7 Å². The number of hydrogen-bond acceptors (Lipinski definition) is 8. The lowest BCUT2D eigenvalue weighted by molar-refractivity contribution is 0.568. The van der Waals surface area contributed by atoms with Gasteiger partial charge in [0, 0.05) is 18.8 Å². The fraction of sp³-hybridized carbons (Fsp3) is 0.227. The third kappa shape index (κ3) is 5.08. The minimum atomic E-state index is 0.369. The molecule has 0 unspecified atom stereocenters. The first kappa shape index (κ1) is 19.3. The fourth-order valence-electron chi connectivity index (χ4n) is 3.16. The van der Waals surface area contributed by atoms with E-state index in [0.717, 1.165) is 37.2 Å². The first-order valence-corrected chi connectivity index (χ1v) is 9.92. The molecule has 2 aromatic carbocycles. The Labute approximate surface area is 175 Å². The Morgan fingerprint density at radius 1 is 0.900 bits per heavy atom. The zero-order chi connectivity index (χ0) is 20.6. The average Bonchev–Trinajstić information content (AvgIpc) is 2.81. The molecule has 1 saturated heterocycles. The quantitative estimate of drug-likeness (QED) is 0.479. The van der Waals surface area contributed by atoms with Crippen LogP contribution in [0.25, 0.3) is 0 Å². The summed E-state index contributed by atoms with van der Waals surface area (Å²) >= 11 is 0. The molecule has 2 N–H and O–H groups in total. The van der Waals surface area contributed by atoms with Crippen LogP contribution in [0, 0.1) is 11.3 Å². The summed E-state index contributed by atoms with van der Waals surface area (Å²) in [5.41, 5.74) is 5.29. The van der Waals surface area contributed by atoms with Crippen LogP contribution < -0.4 is 15.6 Å². The second-order valence-electron chi connectivity index (χ2n) is 6.93. The Balaban J connectivity index is 1.54. The zero-order valence-corrected chi connectivity index (χ0v) is 16.5. The van der Waals surface area contributed by atoms with E-state index in [0.29, 0.717) is 23.4 Å². The monoisotopic (exact) mass is 398 g/mol. The molecule has 0 aliphatic carbocycles. The van der Waals surface area contributed by atoms with Crippen LogP contribution in [0.5, 0.6) is 0 Å². The number of anilines is 4. The Bertz CT molecular complexity index is 1030. The highest BCUT2D eigenvalue weighted by molar-refractivity contribution is 5.80. The van der Waals surface area contributed by atoms with Crippen molar-refractivity contribution in [2.45, 2.75) is 19.3 Å². The van der Waals surface area contributed by atoms with E-state index in [-0.39, 0.29) is 0 Å². The van der Waals surface area contributed by atoms with Gasteiger partial charge in [0.05, 0.1) is 17.8 Å². The number of para-hydroxylation sites is 1. The maximum absolute atomic E-state index is 8.89. The molecule has 8 heteroatoms. The van der Waals surface area contributed by atoms with Gasteiger partial charge in [-0.2, -0.15) is 25.3 Å². The van der Waals surface area contributed by atoms with Crippen molar-refractivity contribution in [3.05, 3.63) is 65.7 Å². The Kier molecular flexibility index (Phi) is 6.11. The molecular weight excluding hydrogens is 376 g/mol. The molecule has 1 fully saturated rings. The lowest BCUT2D eigenvalue weighted by Gasteiger charge is -2.26. The summed E-state index contributed by atoms with van der Waals surface area (Å²) in [4.78, 5) is 15.8. The number of rotatable bonds is 6. The summed E-state index contributed by atoms with van der Waals surface area (Å²) in [7, 11) is 0. The molecule has 0 radical (unpaired) electrons. The molecule has 0 amide bonds. The second-order valence-corrected chi connectivity index (χ2v) is 6.93. The van der Waals surface area contributed by atoms with Crippen LogP contribution in [-0.4, -0.2) is 34.3 Å². The third-order valence-corrected chi connectivity index (χ3v) is 4.71. The lowest BCUT2D eigenvalue weighted by Crippen LogP contribution is -2.31. The number of piperidine rings is 1. The van der Waals surface area contributed by atoms with Crippen LogP contribution in [0.4, 0.5) is 23.5 Å². The van der Waals surface area contributed by atoms with Crippen LogP contribution in [0.15, 0.2) is 59.7 Å². The maximum Gasteiger partial charge on any atom is 0.250 e. The Hall–Kier alpha value is -3.99. The van der Waals surface area contributed by atoms with Gasteiger partial charge in [-0.05, 0) is 49.1 Å². The van der Waals surface area contributed by atoms with Crippen molar-refractivity contribution < 1.29 is 0 Å². The van der Waals surface area contributed by atoms with E-state index in [9.17, 15) is 0 Å². The highest BCUT2D eigenvalue weighted by Gasteiger charge is 2.16. The summed E-state index contributed by atoms with van der Waals surface area (Å²) in [6.45, 7) is 1.87. The highest BCUT2D eigenvalue weighted by Crippen LogP contribution is 2.20. The van der Waals surface area contributed by atoms with E-state index >= 15 is 0 Å². The predicted molar refractivity (Wildman–Crippen MR) is 118 cm³/mol. The molecular formula is C22H22N8. The summed E-state index contributed by atoms with van der Waals surface area (Å²) in [5, 5.41) is 16.4. The molecule has 1 aliphatic heterocycles. The average molecular weight is 398 g/mol. The van der Waals surface area contributed by atoms with Gasteiger partial charge in [-0.1, -0.05) is 30.3 Å². The summed E-state index contributed by atoms with van der Waals surface area (Å²) in [6, 6.07) is 19.1. The molecule has 4 rings (SSSR count). The van der Waals surface area contributed by atoms with Crippen molar-refractivity contribution in [3.63, 3.8) is 0 Å². The summed E-state index contributed by atoms with van der Waals surface area (Å²) in [5.74, 6) is 1.47. The molecule has 30 heavy (non-hydrogen) atoms. The van der Waals surface area contributed by atoms with E-state index in [2.05, 4.69) is 41.8 Å². The Morgan fingerprint density at radius 3 is 2.37 bits per heavy atom. The van der Waals surface area contributed by atoms with Crippen LogP contribution in [-0.2, 0) is 0 Å². The van der Waals surface area contributed by atoms with E-state index in [1.165, 1.54) is 6.42 Å². The number of nitrogens with zero attached hydrogens (tertiary/aromatic N) is 6. The number of hydrogen-bond donors (Lipinski definition) is 2. The molecule has 0 bridgehead atoms. The van der Waals surface area contributed by atoms with Gasteiger partial charge in [0.15, 0.2) is 0 Å². The molecule has 1 aliphatic rings. The standard InChI is InChI=1S/C22H22N8/c23-15-17-9-11-18(12-10-17)16-24-29-21-26-20(25-19-7-3-1-4-8-19)27-22(28-21)30-13-5-2-6-14-30/h1,3-4,7-12,16H,2,5-6,13-14H2,(H2,25,26,27,28,29)/b24-16+. The van der Waals surface area contributed by atoms with Crippen molar-refractivity contribution in [1.29, 1.82) is 5.26 Å². The van der Waals surface area contributed by atoms with E-state index in [1.807, 2.05) is 42.5 Å². The third-order valence-electron chi connectivity index (χ3n) is 4.71. The van der Waals surface area contributed by atoms with Crippen molar-refractivity contribution in [2.24, 2.45) is 5.10 Å². The number of hydrazone groups is 1. The van der Waals surface area contributed by atoms with E-state index in [1.54, 1.807) is 18.3 Å². The van der Waals surface area contributed by atoms with Crippen molar-refractivity contribution in [3.8, 4) is 6.07 Å². The fourth-order valence-corrected chi connectivity index (χ4v) is 3.16. The molecule has 1 aromatic heterocycles. The van der Waals surface area contributed by atoms with Crippen LogP contribution in [0.2, 0.25) is 0 Å². The van der Waals surface area contributed by atoms with Gasteiger partial charge in [-0.25, -0.2) is 5.43 Å². The van der Waals surface area contributed by atoms with Crippen LogP contribution in [0.3, 0.4) is 0 Å². The smallest absolute Gasteiger partial charge is 0.250 e. The normalized spacial score (nSPS) is 13.8. The largest absolute Gasteiger partial charge is 0.341 e. The number of benzene rings is 2. The minimum Gasteiger partial charge on any atom is -0.341 e. The van der Waals surface area contributed by atoms with Gasteiger partial charge in [-0.15, -0.1) is 0 Å². The molecule has 0 saturated carbocycles. The van der Waals surface area contributed by atoms with E-state index < -0.39 is 0 Å². The molecule has 0 atom stereocenters. The molecule has 0 spiro atoms. The number of nitrogens with one attached hydrogen (secondary N) is 2. The van der Waals surface area contributed by atoms with Gasteiger partial charge in [-0.3, -0.25) is 0 Å². The van der Waals surface area contributed by atoms with Crippen molar-refractivity contribution in [2.75, 3.05) is 28.7 Å². The molecule has 2 heterocycles. The summed E-state index contributed by atoms with van der Waals surface area (Å²) in [6.07, 6.45) is 5.16. The molecule has 3 aromatic rings. The summed E-state index contributed by atoms with van der Waals surface area (Å²) < 4.78 is 0. The second kappa shape index (κ2) is 9.47. The first-order valence-electron chi connectivity index (χ1n) is 9.92. The number of nitriles is 1. The van der Waals surface area contributed by atoms with Gasteiger partial charge >= 0.3 is 0 Å². The van der Waals surface area contributed by atoms with Gasteiger partial charge < -0.3 is 10.2 Å². The maximum atomic E-state index is 8.89.